The molecule has 0 heterocycles. The Morgan fingerprint density at radius 3 is 2.38 bits per heavy atom. The molecule has 2 N–H and O–H groups in total. The lowest BCUT2D eigenvalue weighted by Gasteiger charge is -2.04. The van der Waals surface area contributed by atoms with E-state index in [2.05, 4.69) is 10.5 Å². The molecule has 0 aliphatic heterocycles. The van der Waals surface area contributed by atoms with Crippen molar-refractivity contribution in [3.8, 4) is 0 Å². The maximum absolute atomic E-state index is 13.0. The van der Waals surface area contributed by atoms with Gasteiger partial charge in [0, 0.05) is 0 Å². The molecule has 0 radical (unpaired) electrons. The first-order valence-electron chi connectivity index (χ1n) is 4.10. The van der Waals surface area contributed by atoms with Gasteiger partial charge in [-0.3, -0.25) is 5.43 Å². The summed E-state index contributed by atoms with van der Waals surface area (Å²) in [7, 11) is 0. The Morgan fingerprint density at radius 1 is 1.44 bits per heavy atom. The molecule has 4 nitrogen and oxygen atoms in total. The average molecular weight is 265 g/mol. The predicted molar refractivity (Wildman–Crippen MR) is 60.8 cm³/mol. The lowest BCUT2D eigenvalue weighted by molar-refractivity contribution is -0.129. The summed E-state index contributed by atoms with van der Waals surface area (Å²) in [6.07, 6.45) is 0. The van der Waals surface area contributed by atoms with Gasteiger partial charge in [0.25, 0.3) is 0 Å². The highest BCUT2D eigenvalue weighted by Gasteiger charge is 2.07. The Kier molecular flexibility index (Phi) is 4.09. The number of rotatable bonds is 3. The maximum Gasteiger partial charge on any atom is 0.351 e. The first-order valence-corrected chi connectivity index (χ1v) is 4.85. The molecule has 7 heteroatoms. The molecule has 0 unspecified atom stereocenters. The van der Waals surface area contributed by atoms with Gasteiger partial charge < -0.3 is 5.11 Å². The summed E-state index contributed by atoms with van der Waals surface area (Å²) in [4.78, 5) is 10.4. The number of carboxylic acids is 1. The smallest absolute Gasteiger partial charge is 0.351 e. The van der Waals surface area contributed by atoms with Crippen LogP contribution < -0.4 is 5.43 Å². The molecule has 0 aromatic heterocycles. The molecule has 86 valence electrons. The zero-order valence-electron chi connectivity index (χ0n) is 8.09. The predicted octanol–water partition coefficient (Wildman–Crippen LogP) is 3.00. The minimum atomic E-state index is -1.16. The fourth-order valence-corrected chi connectivity index (χ4v) is 1.30. The molecule has 0 amide bonds. The van der Waals surface area contributed by atoms with E-state index in [4.69, 9.17) is 28.3 Å². The number of nitrogens with one attached hydrogen (secondary N) is 1. The lowest BCUT2D eigenvalue weighted by Crippen LogP contribution is -2.10. The molecule has 0 bridgehead atoms. The SMILES string of the molecule is C/C(=N/Nc1cc(Cl)c(F)c(Cl)c1)C(=O)O. The molecule has 0 spiro atoms. The van der Waals surface area contributed by atoms with Crippen molar-refractivity contribution in [2.75, 3.05) is 5.43 Å². The van der Waals surface area contributed by atoms with E-state index < -0.39 is 11.8 Å². The van der Waals surface area contributed by atoms with Crippen molar-refractivity contribution in [2.24, 2.45) is 5.10 Å². The molecular weight excluding hydrogens is 258 g/mol. The lowest BCUT2D eigenvalue weighted by atomic mass is 10.3. The third-order valence-corrected chi connectivity index (χ3v) is 2.20. The van der Waals surface area contributed by atoms with Gasteiger partial charge in [0.15, 0.2) is 5.82 Å². The average Bonchev–Trinajstić information content (AvgIpc) is 2.22. The van der Waals surface area contributed by atoms with E-state index in [9.17, 15) is 9.18 Å². The summed E-state index contributed by atoms with van der Waals surface area (Å²) in [5.74, 6) is -1.89. The monoisotopic (exact) mass is 264 g/mol. The van der Waals surface area contributed by atoms with Gasteiger partial charge in [-0.15, -0.1) is 0 Å². The fraction of sp³-hybridized carbons (Fsp3) is 0.111. The van der Waals surface area contributed by atoms with Crippen molar-refractivity contribution in [1.82, 2.24) is 0 Å². The van der Waals surface area contributed by atoms with E-state index in [0.29, 0.717) is 5.69 Å². The molecular formula is C9H7Cl2FN2O2. The Balaban J connectivity index is 2.91. The third kappa shape index (κ3) is 3.08. The van der Waals surface area contributed by atoms with Gasteiger partial charge in [0.1, 0.15) is 5.71 Å². The van der Waals surface area contributed by atoms with Crippen molar-refractivity contribution in [1.29, 1.82) is 0 Å². The van der Waals surface area contributed by atoms with E-state index in [1.165, 1.54) is 19.1 Å². The van der Waals surface area contributed by atoms with Gasteiger partial charge in [0.05, 0.1) is 15.7 Å². The Bertz CT molecular complexity index is 440. The fourth-order valence-electron chi connectivity index (χ4n) is 0.816. The summed E-state index contributed by atoms with van der Waals surface area (Å²) in [6, 6.07) is 2.50. The van der Waals surface area contributed by atoms with E-state index in [0.717, 1.165) is 0 Å². The van der Waals surface area contributed by atoms with Crippen molar-refractivity contribution < 1.29 is 14.3 Å². The molecule has 16 heavy (non-hydrogen) atoms. The van der Waals surface area contributed by atoms with Crippen LogP contribution >= 0.6 is 23.2 Å². The van der Waals surface area contributed by atoms with Crippen molar-refractivity contribution in [2.45, 2.75) is 6.92 Å². The van der Waals surface area contributed by atoms with Crippen LogP contribution in [0.15, 0.2) is 17.2 Å². The Hall–Kier alpha value is -1.33. The summed E-state index contributed by atoms with van der Waals surface area (Å²) in [5, 5.41) is 11.7. The largest absolute Gasteiger partial charge is 0.477 e. The van der Waals surface area contributed by atoms with Crippen LogP contribution in [0.1, 0.15) is 6.92 Å². The highest BCUT2D eigenvalue weighted by atomic mass is 35.5. The van der Waals surface area contributed by atoms with Crippen LogP contribution in [0.25, 0.3) is 0 Å². The van der Waals surface area contributed by atoms with Gasteiger partial charge in [-0.05, 0) is 19.1 Å². The van der Waals surface area contributed by atoms with E-state index in [-0.39, 0.29) is 15.8 Å². The third-order valence-electron chi connectivity index (χ3n) is 1.65. The highest BCUT2D eigenvalue weighted by Crippen LogP contribution is 2.27. The number of carbonyl (C=O) groups is 1. The van der Waals surface area contributed by atoms with E-state index >= 15 is 0 Å². The minimum Gasteiger partial charge on any atom is -0.477 e. The minimum absolute atomic E-state index is 0.142. The van der Waals surface area contributed by atoms with Crippen LogP contribution in [0.3, 0.4) is 0 Å². The normalized spacial score (nSPS) is 11.4. The summed E-state index contributed by atoms with van der Waals surface area (Å²) in [6.45, 7) is 1.31. The first-order chi connectivity index (χ1) is 7.41. The van der Waals surface area contributed by atoms with Crippen molar-refractivity contribution >= 4 is 40.6 Å². The molecule has 1 aromatic rings. The van der Waals surface area contributed by atoms with Gasteiger partial charge in [-0.1, -0.05) is 23.2 Å². The Morgan fingerprint density at radius 2 is 1.94 bits per heavy atom. The molecule has 0 atom stereocenters. The van der Waals surface area contributed by atoms with Gasteiger partial charge in [0.2, 0.25) is 0 Å². The van der Waals surface area contributed by atoms with Gasteiger partial charge in [-0.25, -0.2) is 9.18 Å². The quantitative estimate of drug-likeness (QED) is 0.501. The number of carboxylic acid groups (broad SMARTS) is 1. The van der Waals surface area contributed by atoms with Crippen molar-refractivity contribution in [3.05, 3.63) is 28.0 Å². The zero-order valence-corrected chi connectivity index (χ0v) is 9.60. The molecule has 0 fully saturated rings. The second-order valence-corrected chi connectivity index (χ2v) is 3.68. The molecule has 0 saturated heterocycles. The van der Waals surface area contributed by atoms with Gasteiger partial charge >= 0.3 is 5.97 Å². The summed E-state index contributed by atoms with van der Waals surface area (Å²) >= 11 is 11.1. The standard InChI is InChI=1S/C9H7Cl2FN2O2/c1-4(9(15)16)13-14-5-2-6(10)8(12)7(11)3-5/h2-3,14H,1H3,(H,15,16)/b13-4-. The van der Waals surface area contributed by atoms with Crippen LogP contribution in [0.4, 0.5) is 10.1 Å². The van der Waals surface area contributed by atoms with Crippen LogP contribution in [-0.2, 0) is 4.79 Å². The number of anilines is 1. The summed E-state index contributed by atoms with van der Waals surface area (Å²) < 4.78 is 13.0. The first kappa shape index (κ1) is 12.7. The van der Waals surface area contributed by atoms with E-state index in [1.54, 1.807) is 0 Å². The maximum atomic E-state index is 13.0. The van der Waals surface area contributed by atoms with E-state index in [1.807, 2.05) is 0 Å². The topological polar surface area (TPSA) is 61.7 Å². The number of hydrogen-bond donors (Lipinski definition) is 2. The molecule has 0 aliphatic rings. The number of benzene rings is 1. The van der Waals surface area contributed by atoms with Gasteiger partial charge in [-0.2, -0.15) is 5.10 Å². The molecule has 0 saturated carbocycles. The second-order valence-electron chi connectivity index (χ2n) is 2.87. The number of hydrazone groups is 1. The van der Waals surface area contributed by atoms with Crippen molar-refractivity contribution in [3.63, 3.8) is 0 Å². The highest BCUT2D eigenvalue weighted by molar-refractivity contribution is 6.35. The molecule has 1 aromatic carbocycles. The number of nitrogens with zero attached hydrogens (tertiary/aromatic N) is 1. The van der Waals surface area contributed by atoms with Crippen LogP contribution in [0.2, 0.25) is 10.0 Å². The second kappa shape index (κ2) is 5.14. The Labute approximate surface area is 101 Å². The number of halogens is 3. The van der Waals surface area contributed by atoms with Crippen LogP contribution in [0, 0.1) is 5.82 Å². The summed E-state index contributed by atoms with van der Waals surface area (Å²) in [5.41, 5.74) is 2.57. The zero-order chi connectivity index (χ0) is 12.3. The van der Waals surface area contributed by atoms with Crippen LogP contribution in [0.5, 0.6) is 0 Å². The molecule has 1 rings (SSSR count). The van der Waals surface area contributed by atoms with Crippen LogP contribution in [-0.4, -0.2) is 16.8 Å². The molecule has 0 aliphatic carbocycles. The number of hydrogen-bond acceptors (Lipinski definition) is 3. The number of aliphatic carboxylic acids is 1.